The van der Waals surface area contributed by atoms with E-state index in [1.165, 1.54) is 45.1 Å². The van der Waals surface area contributed by atoms with Crippen molar-refractivity contribution in [2.24, 2.45) is 0 Å². The predicted octanol–water partition coefficient (Wildman–Crippen LogP) is 2.80. The zero-order chi connectivity index (χ0) is 10.5. The number of likely N-dealkylation sites (tertiary alicyclic amines) is 1. The van der Waals surface area contributed by atoms with Crippen LogP contribution < -0.4 is 0 Å². The van der Waals surface area contributed by atoms with Gasteiger partial charge in [-0.15, -0.1) is 0 Å². The maximum Gasteiger partial charge on any atom is 0.0702 e. The molecule has 88 valence electrons. The van der Waals surface area contributed by atoms with Gasteiger partial charge in [-0.05, 0) is 32.2 Å². The van der Waals surface area contributed by atoms with E-state index < -0.39 is 0 Å². The molecule has 0 bridgehead atoms. The number of hydrogen-bond donors (Lipinski definition) is 0. The normalized spacial score (nSPS) is 34.2. The van der Waals surface area contributed by atoms with E-state index in [2.05, 4.69) is 20.8 Å². The summed E-state index contributed by atoms with van der Waals surface area (Å²) in [7, 11) is 0. The lowest BCUT2D eigenvalue weighted by Gasteiger charge is -2.30. The highest BCUT2D eigenvalue weighted by Gasteiger charge is 2.25. The van der Waals surface area contributed by atoms with Crippen LogP contribution in [-0.2, 0) is 4.74 Å². The average Bonchev–Trinajstić information content (AvgIpc) is 2.64. The zero-order valence-corrected chi connectivity index (χ0v) is 11.0. The standard InChI is InChI=1S/C12H22BrNO/c13-9-11-5-2-1-3-7-14(11)10-12-6-4-8-15-12/h11-12H,1-10H2. The molecule has 0 aromatic rings. The van der Waals surface area contributed by atoms with E-state index in [9.17, 15) is 0 Å². The van der Waals surface area contributed by atoms with Crippen LogP contribution in [0.4, 0.5) is 0 Å². The van der Waals surface area contributed by atoms with E-state index in [4.69, 9.17) is 4.74 Å². The van der Waals surface area contributed by atoms with Gasteiger partial charge in [0.1, 0.15) is 0 Å². The van der Waals surface area contributed by atoms with Crippen LogP contribution in [0, 0.1) is 0 Å². The fraction of sp³-hybridized carbons (Fsp3) is 1.00. The minimum atomic E-state index is 0.518. The first-order valence-electron chi connectivity index (χ1n) is 6.32. The van der Waals surface area contributed by atoms with E-state index in [0.717, 1.165) is 24.5 Å². The Labute approximate surface area is 101 Å². The van der Waals surface area contributed by atoms with Gasteiger partial charge in [0.15, 0.2) is 0 Å². The van der Waals surface area contributed by atoms with Crippen molar-refractivity contribution in [2.45, 2.75) is 50.7 Å². The second-order valence-corrected chi connectivity index (χ2v) is 5.43. The summed E-state index contributed by atoms with van der Waals surface area (Å²) in [4.78, 5) is 2.65. The first-order valence-corrected chi connectivity index (χ1v) is 7.44. The van der Waals surface area contributed by atoms with Gasteiger partial charge >= 0.3 is 0 Å². The SMILES string of the molecule is BrCC1CCCCCN1CC1CCCO1. The lowest BCUT2D eigenvalue weighted by Crippen LogP contribution is -2.41. The molecular weight excluding hydrogens is 254 g/mol. The molecule has 2 fully saturated rings. The van der Waals surface area contributed by atoms with Crippen LogP contribution >= 0.6 is 15.9 Å². The fourth-order valence-electron chi connectivity index (χ4n) is 2.70. The van der Waals surface area contributed by atoms with Gasteiger partial charge in [0.25, 0.3) is 0 Å². The summed E-state index contributed by atoms with van der Waals surface area (Å²) < 4.78 is 5.73. The topological polar surface area (TPSA) is 12.5 Å². The molecule has 2 aliphatic rings. The van der Waals surface area contributed by atoms with Crippen LogP contribution in [0.5, 0.6) is 0 Å². The lowest BCUT2D eigenvalue weighted by atomic mass is 10.1. The molecule has 0 N–H and O–H groups in total. The molecule has 2 atom stereocenters. The van der Waals surface area contributed by atoms with Crippen molar-refractivity contribution in [3.8, 4) is 0 Å². The lowest BCUT2D eigenvalue weighted by molar-refractivity contribution is 0.0619. The van der Waals surface area contributed by atoms with Crippen molar-refractivity contribution >= 4 is 15.9 Å². The van der Waals surface area contributed by atoms with Crippen molar-refractivity contribution in [1.29, 1.82) is 0 Å². The van der Waals surface area contributed by atoms with Gasteiger partial charge in [0.05, 0.1) is 6.10 Å². The summed E-state index contributed by atoms with van der Waals surface area (Å²) >= 11 is 3.65. The van der Waals surface area contributed by atoms with E-state index in [1.807, 2.05) is 0 Å². The first-order chi connectivity index (χ1) is 7.40. The molecule has 2 heterocycles. The quantitative estimate of drug-likeness (QED) is 0.735. The Balaban J connectivity index is 1.85. The van der Waals surface area contributed by atoms with Crippen LogP contribution in [0.15, 0.2) is 0 Å². The van der Waals surface area contributed by atoms with Gasteiger partial charge in [-0.3, -0.25) is 4.90 Å². The molecule has 2 aliphatic heterocycles. The third-order valence-electron chi connectivity index (χ3n) is 3.64. The van der Waals surface area contributed by atoms with Gasteiger partial charge in [0.2, 0.25) is 0 Å². The minimum Gasteiger partial charge on any atom is -0.377 e. The molecule has 0 saturated carbocycles. The Morgan fingerprint density at radius 1 is 1.13 bits per heavy atom. The van der Waals surface area contributed by atoms with Crippen LogP contribution in [0.25, 0.3) is 0 Å². The van der Waals surface area contributed by atoms with E-state index >= 15 is 0 Å². The molecule has 2 nitrogen and oxygen atoms in total. The van der Waals surface area contributed by atoms with Crippen LogP contribution in [0.2, 0.25) is 0 Å². The molecule has 15 heavy (non-hydrogen) atoms. The van der Waals surface area contributed by atoms with Crippen LogP contribution in [0.3, 0.4) is 0 Å². The summed E-state index contributed by atoms with van der Waals surface area (Å²) in [6.07, 6.45) is 8.59. The summed E-state index contributed by atoms with van der Waals surface area (Å²) in [5.41, 5.74) is 0. The van der Waals surface area contributed by atoms with Gasteiger partial charge in [0, 0.05) is 24.5 Å². The molecule has 0 radical (unpaired) electrons. The van der Waals surface area contributed by atoms with Crippen molar-refractivity contribution in [3.63, 3.8) is 0 Å². The highest BCUT2D eigenvalue weighted by molar-refractivity contribution is 9.09. The second kappa shape index (κ2) is 6.21. The Morgan fingerprint density at radius 3 is 2.80 bits per heavy atom. The summed E-state index contributed by atoms with van der Waals surface area (Å²) in [6.45, 7) is 3.42. The number of ether oxygens (including phenoxy) is 1. The monoisotopic (exact) mass is 275 g/mol. The Morgan fingerprint density at radius 2 is 2.07 bits per heavy atom. The van der Waals surface area contributed by atoms with Crippen molar-refractivity contribution in [1.82, 2.24) is 4.90 Å². The van der Waals surface area contributed by atoms with Crippen molar-refractivity contribution < 1.29 is 4.74 Å². The largest absolute Gasteiger partial charge is 0.377 e. The molecule has 0 aromatic carbocycles. The smallest absolute Gasteiger partial charge is 0.0702 e. The minimum absolute atomic E-state index is 0.518. The molecule has 3 heteroatoms. The van der Waals surface area contributed by atoms with E-state index in [0.29, 0.717) is 6.10 Å². The molecule has 0 aromatic heterocycles. The second-order valence-electron chi connectivity index (χ2n) is 4.79. The molecule has 2 unspecified atom stereocenters. The van der Waals surface area contributed by atoms with Crippen LogP contribution in [0.1, 0.15) is 38.5 Å². The van der Waals surface area contributed by atoms with E-state index in [1.54, 1.807) is 0 Å². The maximum atomic E-state index is 5.73. The van der Waals surface area contributed by atoms with Crippen molar-refractivity contribution in [3.05, 3.63) is 0 Å². The van der Waals surface area contributed by atoms with Crippen molar-refractivity contribution in [2.75, 3.05) is 25.0 Å². The molecular formula is C12H22BrNO. The molecule has 0 aliphatic carbocycles. The highest BCUT2D eigenvalue weighted by Crippen LogP contribution is 2.21. The predicted molar refractivity (Wildman–Crippen MR) is 66.6 cm³/mol. The molecule has 2 saturated heterocycles. The van der Waals surface area contributed by atoms with Gasteiger partial charge in [-0.2, -0.15) is 0 Å². The number of halogens is 1. The van der Waals surface area contributed by atoms with Gasteiger partial charge in [-0.25, -0.2) is 0 Å². The maximum absolute atomic E-state index is 5.73. The zero-order valence-electron chi connectivity index (χ0n) is 9.46. The third-order valence-corrected chi connectivity index (χ3v) is 4.39. The third kappa shape index (κ3) is 3.43. The Hall–Kier alpha value is 0.400. The highest BCUT2D eigenvalue weighted by atomic mass is 79.9. The average molecular weight is 276 g/mol. The first kappa shape index (κ1) is 11.9. The number of nitrogens with zero attached hydrogens (tertiary/aromatic N) is 1. The van der Waals surface area contributed by atoms with Crippen LogP contribution in [-0.4, -0.2) is 42.1 Å². The number of alkyl halides is 1. The molecule has 0 amide bonds. The summed E-state index contributed by atoms with van der Waals surface area (Å²) in [5.74, 6) is 0. The summed E-state index contributed by atoms with van der Waals surface area (Å²) in [6, 6.07) is 0.747. The molecule has 0 spiro atoms. The number of rotatable bonds is 3. The summed E-state index contributed by atoms with van der Waals surface area (Å²) in [5, 5.41) is 1.12. The van der Waals surface area contributed by atoms with Gasteiger partial charge in [-0.1, -0.05) is 28.8 Å². The fourth-order valence-corrected chi connectivity index (χ4v) is 3.44. The Bertz CT molecular complexity index is 182. The van der Waals surface area contributed by atoms with Gasteiger partial charge < -0.3 is 4.74 Å². The number of hydrogen-bond acceptors (Lipinski definition) is 2. The Kier molecular flexibility index (Phi) is 4.92. The van der Waals surface area contributed by atoms with E-state index in [-0.39, 0.29) is 0 Å². The molecule has 2 rings (SSSR count).